The molecule has 0 aliphatic rings. The van der Waals surface area contributed by atoms with E-state index in [9.17, 15) is 4.39 Å². The lowest BCUT2D eigenvalue weighted by atomic mass is 10.1. The summed E-state index contributed by atoms with van der Waals surface area (Å²) in [6, 6.07) is 6.70. The second-order valence-corrected chi connectivity index (χ2v) is 5.51. The average molecular weight is 309 g/mol. The van der Waals surface area contributed by atoms with Crippen molar-refractivity contribution in [2.45, 2.75) is 33.7 Å². The maximum Gasteiger partial charge on any atom is 0.191 e. The second-order valence-electron chi connectivity index (χ2n) is 5.51. The van der Waals surface area contributed by atoms with Crippen molar-refractivity contribution in [3.05, 3.63) is 35.6 Å². The van der Waals surface area contributed by atoms with Gasteiger partial charge in [0.05, 0.1) is 13.2 Å². The normalized spacial score (nSPS) is 11.8. The van der Waals surface area contributed by atoms with Gasteiger partial charge < -0.3 is 15.4 Å². The molecule has 0 spiro atoms. The van der Waals surface area contributed by atoms with Crippen LogP contribution in [0.5, 0.6) is 0 Å². The Labute approximate surface area is 133 Å². The molecule has 0 fully saturated rings. The number of nitrogens with one attached hydrogen (secondary N) is 2. The number of aliphatic imine (C=N–C) groups is 1. The van der Waals surface area contributed by atoms with E-state index in [1.54, 1.807) is 12.1 Å². The predicted octanol–water partition coefficient (Wildman–Crippen LogP) is 2.94. The molecule has 0 unspecified atom stereocenters. The van der Waals surface area contributed by atoms with Gasteiger partial charge in [-0.25, -0.2) is 9.38 Å². The standard InChI is InChI=1S/C17H28FN3O/c1-4-19-17(20-10-12-22-11-9-14(2)3)21-13-15-7-5-6-8-16(15)18/h5-8,14H,4,9-13H2,1-3H3,(H2,19,20,21). The van der Waals surface area contributed by atoms with E-state index in [2.05, 4.69) is 29.5 Å². The van der Waals surface area contributed by atoms with E-state index in [0.29, 0.717) is 37.1 Å². The first kappa shape index (κ1) is 18.4. The summed E-state index contributed by atoms with van der Waals surface area (Å²) in [6.07, 6.45) is 1.07. The van der Waals surface area contributed by atoms with Crippen LogP contribution in [0.3, 0.4) is 0 Å². The molecule has 5 heteroatoms. The minimum absolute atomic E-state index is 0.223. The molecule has 0 aliphatic heterocycles. The second kappa shape index (κ2) is 11.0. The zero-order valence-electron chi connectivity index (χ0n) is 13.9. The number of ether oxygens (including phenoxy) is 1. The first-order valence-electron chi connectivity index (χ1n) is 7.96. The van der Waals surface area contributed by atoms with Crippen LogP contribution in [0, 0.1) is 11.7 Å². The minimum Gasteiger partial charge on any atom is -0.380 e. The molecule has 0 amide bonds. The Hall–Kier alpha value is -1.62. The first-order chi connectivity index (χ1) is 10.6. The predicted molar refractivity (Wildman–Crippen MR) is 89.5 cm³/mol. The molecule has 4 nitrogen and oxygen atoms in total. The zero-order chi connectivity index (χ0) is 16.2. The van der Waals surface area contributed by atoms with Gasteiger partial charge in [0.25, 0.3) is 0 Å². The molecule has 124 valence electrons. The monoisotopic (exact) mass is 309 g/mol. The van der Waals surface area contributed by atoms with Crippen molar-refractivity contribution in [1.82, 2.24) is 10.6 Å². The van der Waals surface area contributed by atoms with Gasteiger partial charge in [0, 0.05) is 25.3 Å². The number of guanidine groups is 1. The molecule has 0 bridgehead atoms. The van der Waals surface area contributed by atoms with Crippen LogP contribution in [-0.4, -0.2) is 32.3 Å². The number of benzene rings is 1. The molecule has 0 radical (unpaired) electrons. The lowest BCUT2D eigenvalue weighted by Crippen LogP contribution is -2.39. The lowest BCUT2D eigenvalue weighted by Gasteiger charge is -2.12. The Morgan fingerprint density at radius 3 is 2.68 bits per heavy atom. The topological polar surface area (TPSA) is 45.7 Å². The van der Waals surface area contributed by atoms with E-state index < -0.39 is 0 Å². The summed E-state index contributed by atoms with van der Waals surface area (Å²) in [4.78, 5) is 4.39. The summed E-state index contributed by atoms with van der Waals surface area (Å²) < 4.78 is 19.1. The van der Waals surface area contributed by atoms with Gasteiger partial charge in [-0.05, 0) is 25.3 Å². The molecule has 1 rings (SSSR count). The molecule has 0 aliphatic carbocycles. The zero-order valence-corrected chi connectivity index (χ0v) is 13.9. The number of rotatable bonds is 9. The molecule has 1 aromatic rings. The molecule has 1 aromatic carbocycles. The van der Waals surface area contributed by atoms with Gasteiger partial charge in [-0.15, -0.1) is 0 Å². The van der Waals surface area contributed by atoms with Crippen molar-refractivity contribution < 1.29 is 9.13 Å². The molecular formula is C17H28FN3O. The van der Waals surface area contributed by atoms with Crippen LogP contribution in [0.2, 0.25) is 0 Å². The highest BCUT2D eigenvalue weighted by atomic mass is 19.1. The fourth-order valence-corrected chi connectivity index (χ4v) is 1.80. The van der Waals surface area contributed by atoms with E-state index in [0.717, 1.165) is 19.6 Å². The summed E-state index contributed by atoms with van der Waals surface area (Å²) >= 11 is 0. The Kier molecular flexibility index (Phi) is 9.23. The summed E-state index contributed by atoms with van der Waals surface area (Å²) in [5, 5.41) is 6.33. The van der Waals surface area contributed by atoms with E-state index in [4.69, 9.17) is 4.74 Å². The first-order valence-corrected chi connectivity index (χ1v) is 7.96. The molecule has 0 saturated heterocycles. The molecule has 22 heavy (non-hydrogen) atoms. The van der Waals surface area contributed by atoms with Crippen molar-refractivity contribution in [3.8, 4) is 0 Å². The lowest BCUT2D eigenvalue weighted by molar-refractivity contribution is 0.128. The number of nitrogens with zero attached hydrogens (tertiary/aromatic N) is 1. The maximum atomic E-state index is 13.6. The number of hydrogen-bond acceptors (Lipinski definition) is 2. The van der Waals surface area contributed by atoms with Gasteiger partial charge in [0.2, 0.25) is 0 Å². The Morgan fingerprint density at radius 1 is 1.23 bits per heavy atom. The van der Waals surface area contributed by atoms with Crippen LogP contribution >= 0.6 is 0 Å². The maximum absolute atomic E-state index is 13.6. The van der Waals surface area contributed by atoms with Crippen molar-refractivity contribution in [2.24, 2.45) is 10.9 Å². The third-order valence-corrected chi connectivity index (χ3v) is 3.09. The minimum atomic E-state index is -0.223. The highest BCUT2D eigenvalue weighted by Crippen LogP contribution is 2.07. The molecule has 0 heterocycles. The molecule has 0 atom stereocenters. The van der Waals surface area contributed by atoms with Crippen LogP contribution in [0.15, 0.2) is 29.3 Å². The van der Waals surface area contributed by atoms with Crippen molar-refractivity contribution in [1.29, 1.82) is 0 Å². The van der Waals surface area contributed by atoms with Gasteiger partial charge >= 0.3 is 0 Å². The summed E-state index contributed by atoms with van der Waals surface area (Å²) in [7, 11) is 0. The van der Waals surface area contributed by atoms with E-state index >= 15 is 0 Å². The van der Waals surface area contributed by atoms with Crippen LogP contribution in [-0.2, 0) is 11.3 Å². The van der Waals surface area contributed by atoms with Gasteiger partial charge in [0.15, 0.2) is 5.96 Å². The molecule has 0 aromatic heterocycles. The Morgan fingerprint density at radius 2 is 2.00 bits per heavy atom. The highest BCUT2D eigenvalue weighted by Gasteiger charge is 2.01. The number of hydrogen-bond donors (Lipinski definition) is 2. The van der Waals surface area contributed by atoms with Crippen LogP contribution in [0.25, 0.3) is 0 Å². The van der Waals surface area contributed by atoms with Gasteiger partial charge in [-0.3, -0.25) is 0 Å². The van der Waals surface area contributed by atoms with Crippen molar-refractivity contribution >= 4 is 5.96 Å². The van der Waals surface area contributed by atoms with E-state index in [-0.39, 0.29) is 5.82 Å². The molecule has 2 N–H and O–H groups in total. The quantitative estimate of drug-likeness (QED) is 0.419. The largest absolute Gasteiger partial charge is 0.380 e. The number of halogens is 1. The Balaban J connectivity index is 2.35. The summed E-state index contributed by atoms with van der Waals surface area (Å²) in [5.74, 6) is 1.12. The van der Waals surface area contributed by atoms with Gasteiger partial charge in [-0.2, -0.15) is 0 Å². The smallest absolute Gasteiger partial charge is 0.191 e. The van der Waals surface area contributed by atoms with E-state index in [1.165, 1.54) is 6.07 Å². The SMILES string of the molecule is CCNC(=NCc1ccccc1F)NCCOCCC(C)C. The van der Waals surface area contributed by atoms with Crippen LogP contribution in [0.4, 0.5) is 4.39 Å². The van der Waals surface area contributed by atoms with Gasteiger partial charge in [-0.1, -0.05) is 32.0 Å². The third kappa shape index (κ3) is 7.98. The van der Waals surface area contributed by atoms with Crippen molar-refractivity contribution in [3.63, 3.8) is 0 Å². The van der Waals surface area contributed by atoms with Crippen LogP contribution in [0.1, 0.15) is 32.8 Å². The van der Waals surface area contributed by atoms with E-state index in [1.807, 2.05) is 13.0 Å². The summed E-state index contributed by atoms with van der Waals surface area (Å²) in [6.45, 7) is 9.54. The Bertz CT molecular complexity index is 449. The fraction of sp³-hybridized carbons (Fsp3) is 0.588. The van der Waals surface area contributed by atoms with Crippen molar-refractivity contribution in [2.75, 3.05) is 26.3 Å². The van der Waals surface area contributed by atoms with Crippen LogP contribution < -0.4 is 10.6 Å². The molecule has 0 saturated carbocycles. The highest BCUT2D eigenvalue weighted by molar-refractivity contribution is 5.79. The molecular weight excluding hydrogens is 281 g/mol. The average Bonchev–Trinajstić information content (AvgIpc) is 2.49. The third-order valence-electron chi connectivity index (χ3n) is 3.09. The fourth-order valence-electron chi connectivity index (χ4n) is 1.80. The summed E-state index contributed by atoms with van der Waals surface area (Å²) in [5.41, 5.74) is 0.591. The van der Waals surface area contributed by atoms with Gasteiger partial charge in [0.1, 0.15) is 5.82 Å².